The lowest BCUT2D eigenvalue weighted by atomic mass is 10.1. The average molecular weight is 293 g/mol. The van der Waals surface area contributed by atoms with Crippen LogP contribution >= 0.6 is 0 Å². The van der Waals surface area contributed by atoms with Crippen LogP contribution in [0.25, 0.3) is 0 Å². The van der Waals surface area contributed by atoms with E-state index in [0.717, 1.165) is 0 Å². The second-order valence-electron chi connectivity index (χ2n) is 4.00. The second-order valence-corrected chi connectivity index (χ2v) is 4.00. The summed E-state index contributed by atoms with van der Waals surface area (Å²) >= 11 is 0. The highest BCUT2D eigenvalue weighted by Gasteiger charge is 2.31. The lowest BCUT2D eigenvalue weighted by Crippen LogP contribution is -2.26. The smallest absolute Gasteiger partial charge is 0.382 e. The summed E-state index contributed by atoms with van der Waals surface area (Å²) in [6, 6.07) is 1.74. The summed E-state index contributed by atoms with van der Waals surface area (Å²) in [7, 11) is 0. The van der Waals surface area contributed by atoms with Gasteiger partial charge in [-0.2, -0.15) is 13.2 Å². The normalized spacial score (nSPS) is 11.4. The molecule has 0 aliphatic carbocycles. The summed E-state index contributed by atoms with van der Waals surface area (Å²) in [5.41, 5.74) is -1.67. The molecule has 3 nitrogen and oxygen atoms in total. The van der Waals surface area contributed by atoms with Crippen molar-refractivity contribution in [3.63, 3.8) is 0 Å². The molecule has 0 radical (unpaired) electrons. The number of benzene rings is 1. The first-order valence-electron chi connectivity index (χ1n) is 6.09. The number of nitrogens with one attached hydrogen (secondary N) is 1. The van der Waals surface area contributed by atoms with Gasteiger partial charge in [-0.05, 0) is 31.5 Å². The van der Waals surface area contributed by atoms with Crippen molar-refractivity contribution >= 4 is 5.91 Å². The van der Waals surface area contributed by atoms with Gasteiger partial charge in [-0.15, -0.1) is 0 Å². The monoisotopic (exact) mass is 293 g/mol. The molecule has 7 heteroatoms. The third kappa shape index (κ3) is 4.80. The molecule has 1 rings (SSSR count). The zero-order chi connectivity index (χ0) is 15.2. The van der Waals surface area contributed by atoms with Crippen molar-refractivity contribution in [1.82, 2.24) is 5.32 Å². The molecule has 0 saturated heterocycles. The molecular weight excluding hydrogens is 278 g/mol. The molecule has 0 aliphatic heterocycles. The number of ether oxygens (including phenoxy) is 1. The number of hydrogen-bond donors (Lipinski definition) is 1. The van der Waals surface area contributed by atoms with Gasteiger partial charge < -0.3 is 10.1 Å². The number of carbonyl (C=O) groups is 1. The standard InChI is InChI=1S/C13H15F4NO2/c1-2-20-7-3-6-18-12(19)10-8-9(13(15,16)17)4-5-11(10)14/h4-5,8H,2-3,6-7H2,1H3,(H,18,19). The van der Waals surface area contributed by atoms with Crippen LogP contribution in [0.1, 0.15) is 29.3 Å². The van der Waals surface area contributed by atoms with Crippen LogP contribution in [0.5, 0.6) is 0 Å². The Morgan fingerprint density at radius 2 is 2.05 bits per heavy atom. The third-order valence-electron chi connectivity index (χ3n) is 2.49. The number of carbonyl (C=O) groups excluding carboxylic acids is 1. The van der Waals surface area contributed by atoms with Gasteiger partial charge in [-0.25, -0.2) is 4.39 Å². The van der Waals surface area contributed by atoms with Crippen molar-refractivity contribution in [2.75, 3.05) is 19.8 Å². The fraction of sp³-hybridized carbons (Fsp3) is 0.462. The molecule has 0 saturated carbocycles. The molecule has 20 heavy (non-hydrogen) atoms. The largest absolute Gasteiger partial charge is 0.416 e. The summed E-state index contributed by atoms with van der Waals surface area (Å²) in [6.45, 7) is 2.98. The Hall–Kier alpha value is -1.63. The van der Waals surface area contributed by atoms with Gasteiger partial charge in [-0.3, -0.25) is 4.79 Å². The number of amides is 1. The highest BCUT2D eigenvalue weighted by atomic mass is 19.4. The van der Waals surface area contributed by atoms with Gasteiger partial charge in [0, 0.05) is 19.8 Å². The van der Waals surface area contributed by atoms with Gasteiger partial charge in [0.2, 0.25) is 0 Å². The minimum atomic E-state index is -4.61. The molecule has 0 aliphatic rings. The highest BCUT2D eigenvalue weighted by molar-refractivity contribution is 5.94. The summed E-state index contributed by atoms with van der Waals surface area (Å²) < 4.78 is 55.9. The Labute approximate surface area is 113 Å². The second kappa shape index (κ2) is 7.23. The van der Waals surface area contributed by atoms with E-state index in [4.69, 9.17) is 4.74 Å². The topological polar surface area (TPSA) is 38.3 Å². The first-order chi connectivity index (χ1) is 9.36. The van der Waals surface area contributed by atoms with E-state index in [2.05, 4.69) is 5.32 Å². The van der Waals surface area contributed by atoms with Crippen molar-refractivity contribution in [2.24, 2.45) is 0 Å². The van der Waals surface area contributed by atoms with E-state index < -0.39 is 29.0 Å². The fourth-order valence-corrected chi connectivity index (χ4v) is 1.49. The van der Waals surface area contributed by atoms with Crippen molar-refractivity contribution in [3.05, 3.63) is 35.1 Å². The first kappa shape index (κ1) is 16.4. The number of alkyl halides is 3. The van der Waals surface area contributed by atoms with Gasteiger partial charge in [0.25, 0.3) is 5.91 Å². The quantitative estimate of drug-likeness (QED) is 0.647. The van der Waals surface area contributed by atoms with Gasteiger partial charge in [0.15, 0.2) is 0 Å². The van der Waals surface area contributed by atoms with Crippen LogP contribution in [-0.2, 0) is 10.9 Å². The molecule has 0 fully saturated rings. The Balaban J connectivity index is 2.67. The molecule has 0 spiro atoms. The molecule has 1 amide bonds. The molecule has 0 bridgehead atoms. The number of hydrogen-bond acceptors (Lipinski definition) is 2. The zero-order valence-corrected chi connectivity index (χ0v) is 10.9. The van der Waals surface area contributed by atoms with E-state index in [1.807, 2.05) is 6.92 Å². The van der Waals surface area contributed by atoms with Crippen molar-refractivity contribution in [3.8, 4) is 0 Å². The van der Waals surface area contributed by atoms with E-state index in [0.29, 0.717) is 37.8 Å². The molecule has 1 aromatic carbocycles. The maximum Gasteiger partial charge on any atom is 0.416 e. The van der Waals surface area contributed by atoms with Gasteiger partial charge in [-0.1, -0.05) is 0 Å². The maximum atomic E-state index is 13.4. The number of halogens is 4. The van der Waals surface area contributed by atoms with Crippen LogP contribution in [0.4, 0.5) is 17.6 Å². The number of rotatable bonds is 6. The average Bonchev–Trinajstić information content (AvgIpc) is 2.37. The van der Waals surface area contributed by atoms with E-state index in [9.17, 15) is 22.4 Å². The molecule has 112 valence electrons. The molecule has 0 unspecified atom stereocenters. The molecular formula is C13H15F4NO2. The molecule has 0 atom stereocenters. The Morgan fingerprint density at radius 3 is 2.65 bits per heavy atom. The highest BCUT2D eigenvalue weighted by Crippen LogP contribution is 2.30. The fourth-order valence-electron chi connectivity index (χ4n) is 1.49. The molecule has 0 heterocycles. The zero-order valence-electron chi connectivity index (χ0n) is 10.9. The van der Waals surface area contributed by atoms with Crippen LogP contribution in [0.2, 0.25) is 0 Å². The maximum absolute atomic E-state index is 13.4. The first-order valence-corrected chi connectivity index (χ1v) is 6.09. The summed E-state index contributed by atoms with van der Waals surface area (Å²) in [4.78, 5) is 11.6. The van der Waals surface area contributed by atoms with Crippen LogP contribution < -0.4 is 5.32 Å². The van der Waals surface area contributed by atoms with Crippen LogP contribution in [0.15, 0.2) is 18.2 Å². The minimum absolute atomic E-state index is 0.203. The molecule has 1 aromatic rings. The van der Waals surface area contributed by atoms with Crippen LogP contribution in [0, 0.1) is 5.82 Å². The SMILES string of the molecule is CCOCCCNC(=O)c1cc(C(F)(F)F)ccc1F. The van der Waals surface area contributed by atoms with E-state index >= 15 is 0 Å². The lowest BCUT2D eigenvalue weighted by molar-refractivity contribution is -0.137. The summed E-state index contributed by atoms with van der Waals surface area (Å²) in [5.74, 6) is -1.86. The summed E-state index contributed by atoms with van der Waals surface area (Å²) in [5, 5.41) is 2.35. The van der Waals surface area contributed by atoms with Crippen molar-refractivity contribution in [1.29, 1.82) is 0 Å². The Bertz CT molecular complexity index is 460. The van der Waals surface area contributed by atoms with E-state index in [1.165, 1.54) is 0 Å². The molecule has 0 aromatic heterocycles. The van der Waals surface area contributed by atoms with E-state index in [1.54, 1.807) is 0 Å². The lowest BCUT2D eigenvalue weighted by Gasteiger charge is -2.10. The van der Waals surface area contributed by atoms with Crippen molar-refractivity contribution in [2.45, 2.75) is 19.5 Å². The third-order valence-corrected chi connectivity index (χ3v) is 2.49. The van der Waals surface area contributed by atoms with Crippen LogP contribution in [-0.4, -0.2) is 25.7 Å². The predicted octanol–water partition coefficient (Wildman–Crippen LogP) is 3.00. The van der Waals surface area contributed by atoms with E-state index in [-0.39, 0.29) is 6.54 Å². The minimum Gasteiger partial charge on any atom is -0.382 e. The van der Waals surface area contributed by atoms with Gasteiger partial charge in [0.1, 0.15) is 5.82 Å². The van der Waals surface area contributed by atoms with Gasteiger partial charge >= 0.3 is 6.18 Å². The predicted molar refractivity (Wildman–Crippen MR) is 64.8 cm³/mol. The summed E-state index contributed by atoms with van der Waals surface area (Å²) in [6.07, 6.45) is -4.11. The Morgan fingerprint density at radius 1 is 1.35 bits per heavy atom. The van der Waals surface area contributed by atoms with Crippen LogP contribution in [0.3, 0.4) is 0 Å². The Kier molecular flexibility index (Phi) is 5.94. The molecule has 1 N–H and O–H groups in total. The van der Waals surface area contributed by atoms with Crippen molar-refractivity contribution < 1.29 is 27.1 Å². The van der Waals surface area contributed by atoms with Gasteiger partial charge in [0.05, 0.1) is 11.1 Å².